The van der Waals surface area contributed by atoms with Crippen molar-refractivity contribution in [2.24, 2.45) is 0 Å². The van der Waals surface area contributed by atoms with Gasteiger partial charge in [-0.2, -0.15) is 0 Å². The molecule has 0 aromatic heterocycles. The van der Waals surface area contributed by atoms with Gasteiger partial charge < -0.3 is 10.2 Å². The van der Waals surface area contributed by atoms with Crippen LogP contribution in [0, 0.1) is 0 Å². The van der Waals surface area contributed by atoms with Gasteiger partial charge in [0.1, 0.15) is 6.04 Å². The van der Waals surface area contributed by atoms with E-state index < -0.39 is 6.04 Å². The lowest BCUT2D eigenvalue weighted by Crippen LogP contribution is -2.48. The third kappa shape index (κ3) is 7.57. The summed E-state index contributed by atoms with van der Waals surface area (Å²) in [6.07, 6.45) is 1.89. The van der Waals surface area contributed by atoms with E-state index in [0.29, 0.717) is 16.6 Å². The fourth-order valence-corrected chi connectivity index (χ4v) is 3.97. The Labute approximate surface area is 187 Å². The van der Waals surface area contributed by atoms with Crippen molar-refractivity contribution in [2.45, 2.75) is 44.2 Å². The number of nitrogens with one attached hydrogen (secondary N) is 1. The smallest absolute Gasteiger partial charge is 0.242 e. The second-order valence-corrected chi connectivity index (χ2v) is 8.57. The molecule has 29 heavy (non-hydrogen) atoms. The minimum absolute atomic E-state index is 0.122. The van der Waals surface area contributed by atoms with Crippen LogP contribution in [0.4, 0.5) is 0 Å². The summed E-state index contributed by atoms with van der Waals surface area (Å²) in [7, 11) is 0. The zero-order chi connectivity index (χ0) is 21.2. The molecule has 0 spiro atoms. The third-order valence-corrected chi connectivity index (χ3v) is 6.04. The van der Waals surface area contributed by atoms with Crippen LogP contribution in [0.1, 0.15) is 32.3 Å². The number of amides is 2. The molecule has 0 aliphatic carbocycles. The molecule has 0 saturated carbocycles. The zero-order valence-electron chi connectivity index (χ0n) is 16.7. The highest BCUT2D eigenvalue weighted by molar-refractivity contribution is 8.00. The van der Waals surface area contributed by atoms with E-state index in [1.54, 1.807) is 30.0 Å². The number of hydrogen-bond acceptors (Lipinski definition) is 3. The van der Waals surface area contributed by atoms with Crippen LogP contribution in [0.25, 0.3) is 0 Å². The van der Waals surface area contributed by atoms with E-state index >= 15 is 0 Å². The first-order valence-corrected chi connectivity index (χ1v) is 11.4. The zero-order valence-corrected chi connectivity index (χ0v) is 19.0. The van der Waals surface area contributed by atoms with Crippen LogP contribution >= 0.6 is 35.0 Å². The maximum Gasteiger partial charge on any atom is 0.242 e. The second kappa shape index (κ2) is 12.1. The lowest BCUT2D eigenvalue weighted by Gasteiger charge is -2.29. The van der Waals surface area contributed by atoms with Crippen molar-refractivity contribution in [2.75, 3.05) is 12.3 Å². The fraction of sp³-hybridized carbons (Fsp3) is 0.364. The summed E-state index contributed by atoms with van der Waals surface area (Å²) < 4.78 is 0. The summed E-state index contributed by atoms with van der Waals surface area (Å²) in [6.45, 7) is 4.65. The first kappa shape index (κ1) is 23.6. The molecule has 2 aromatic carbocycles. The standard InChI is InChI=1S/C22H26Cl2N2O2S/c1-3-4-12-25-22(28)16(2)26(14-17-10-11-18(23)13-20(17)24)21(27)15-29-19-8-6-5-7-9-19/h5-11,13,16H,3-4,12,14-15H2,1-2H3,(H,25,28)/t16-/m0/s1. The van der Waals surface area contributed by atoms with Gasteiger partial charge in [-0.25, -0.2) is 0 Å². The molecule has 156 valence electrons. The maximum absolute atomic E-state index is 13.0. The summed E-state index contributed by atoms with van der Waals surface area (Å²) in [4.78, 5) is 28.2. The van der Waals surface area contributed by atoms with E-state index in [4.69, 9.17) is 23.2 Å². The number of halogens is 2. The van der Waals surface area contributed by atoms with Crippen molar-refractivity contribution in [3.63, 3.8) is 0 Å². The van der Waals surface area contributed by atoms with Crippen LogP contribution < -0.4 is 5.32 Å². The molecule has 0 aliphatic heterocycles. The van der Waals surface area contributed by atoms with E-state index in [1.807, 2.05) is 30.3 Å². The van der Waals surface area contributed by atoms with Gasteiger partial charge in [0.25, 0.3) is 0 Å². The molecule has 0 bridgehead atoms. The molecule has 0 saturated heterocycles. The van der Waals surface area contributed by atoms with Crippen molar-refractivity contribution in [1.82, 2.24) is 10.2 Å². The van der Waals surface area contributed by atoms with Crippen molar-refractivity contribution < 1.29 is 9.59 Å². The molecular weight excluding hydrogens is 427 g/mol. The van der Waals surface area contributed by atoms with Crippen LogP contribution in [0.3, 0.4) is 0 Å². The quantitative estimate of drug-likeness (QED) is 0.386. The lowest BCUT2D eigenvalue weighted by molar-refractivity contribution is -0.138. The van der Waals surface area contributed by atoms with Crippen LogP contribution in [-0.4, -0.2) is 35.1 Å². The number of hydrogen-bond donors (Lipinski definition) is 1. The van der Waals surface area contributed by atoms with E-state index in [2.05, 4.69) is 12.2 Å². The average Bonchev–Trinajstić information content (AvgIpc) is 2.72. The van der Waals surface area contributed by atoms with Gasteiger partial charge in [0, 0.05) is 28.0 Å². The molecule has 1 atom stereocenters. The van der Waals surface area contributed by atoms with E-state index in [0.717, 1.165) is 23.3 Å². The Morgan fingerprint density at radius 1 is 1.14 bits per heavy atom. The summed E-state index contributed by atoms with van der Waals surface area (Å²) in [5.41, 5.74) is 0.752. The highest BCUT2D eigenvalue weighted by atomic mass is 35.5. The summed E-state index contributed by atoms with van der Waals surface area (Å²) in [5.74, 6) is -0.0495. The van der Waals surface area contributed by atoms with Crippen LogP contribution in [0.2, 0.25) is 10.0 Å². The van der Waals surface area contributed by atoms with Crippen LogP contribution in [0.5, 0.6) is 0 Å². The number of carbonyl (C=O) groups is 2. The summed E-state index contributed by atoms with van der Waals surface area (Å²) in [6, 6.07) is 14.3. The molecule has 0 unspecified atom stereocenters. The highest BCUT2D eigenvalue weighted by Crippen LogP contribution is 2.24. The molecule has 0 fully saturated rings. The number of rotatable bonds is 10. The maximum atomic E-state index is 13.0. The number of carbonyl (C=O) groups excluding carboxylic acids is 2. The lowest BCUT2D eigenvalue weighted by atomic mass is 10.1. The Hall–Kier alpha value is -1.69. The highest BCUT2D eigenvalue weighted by Gasteiger charge is 2.26. The molecule has 0 aliphatic rings. The molecule has 1 N–H and O–H groups in total. The Morgan fingerprint density at radius 3 is 2.52 bits per heavy atom. The predicted molar refractivity (Wildman–Crippen MR) is 122 cm³/mol. The molecule has 4 nitrogen and oxygen atoms in total. The molecule has 0 radical (unpaired) electrons. The van der Waals surface area contributed by atoms with Crippen molar-refractivity contribution in [3.8, 4) is 0 Å². The normalized spacial score (nSPS) is 11.7. The second-order valence-electron chi connectivity index (χ2n) is 6.68. The third-order valence-electron chi connectivity index (χ3n) is 4.46. The number of unbranched alkanes of at least 4 members (excludes halogenated alkanes) is 1. The molecule has 7 heteroatoms. The van der Waals surface area contributed by atoms with Gasteiger partial charge in [0.15, 0.2) is 0 Å². The monoisotopic (exact) mass is 452 g/mol. The minimum Gasteiger partial charge on any atom is -0.354 e. The van der Waals surface area contributed by atoms with E-state index in [-0.39, 0.29) is 24.1 Å². The SMILES string of the molecule is CCCCNC(=O)[C@H](C)N(Cc1ccc(Cl)cc1Cl)C(=O)CSc1ccccc1. The first-order chi connectivity index (χ1) is 13.9. The van der Waals surface area contributed by atoms with E-state index in [9.17, 15) is 9.59 Å². The first-order valence-electron chi connectivity index (χ1n) is 9.61. The van der Waals surface area contributed by atoms with Crippen molar-refractivity contribution in [3.05, 3.63) is 64.1 Å². The Morgan fingerprint density at radius 2 is 1.86 bits per heavy atom. The number of thioether (sulfide) groups is 1. The molecule has 2 amide bonds. The summed E-state index contributed by atoms with van der Waals surface area (Å²) in [5, 5.41) is 3.91. The Balaban J connectivity index is 2.14. The molecule has 0 heterocycles. The van der Waals surface area contributed by atoms with Gasteiger partial charge in [-0.1, -0.05) is 60.8 Å². The predicted octanol–water partition coefficient (Wildman–Crippen LogP) is 5.42. The topological polar surface area (TPSA) is 49.4 Å². The summed E-state index contributed by atoms with van der Waals surface area (Å²) >= 11 is 13.7. The molecule has 2 aromatic rings. The fourth-order valence-electron chi connectivity index (χ4n) is 2.70. The minimum atomic E-state index is -0.609. The molecule has 2 rings (SSSR count). The van der Waals surface area contributed by atoms with Gasteiger partial charge in [-0.15, -0.1) is 11.8 Å². The van der Waals surface area contributed by atoms with E-state index in [1.165, 1.54) is 11.8 Å². The van der Waals surface area contributed by atoms with Crippen LogP contribution in [-0.2, 0) is 16.1 Å². The van der Waals surface area contributed by atoms with Gasteiger partial charge in [-0.05, 0) is 43.2 Å². The van der Waals surface area contributed by atoms with Crippen molar-refractivity contribution >= 4 is 46.8 Å². The van der Waals surface area contributed by atoms with Gasteiger partial charge in [-0.3, -0.25) is 9.59 Å². The Bertz CT molecular complexity index is 818. The molecular formula is C22H26Cl2N2O2S. The van der Waals surface area contributed by atoms with Gasteiger partial charge in [0.05, 0.1) is 5.75 Å². The largest absolute Gasteiger partial charge is 0.354 e. The van der Waals surface area contributed by atoms with Gasteiger partial charge >= 0.3 is 0 Å². The number of nitrogens with zero attached hydrogens (tertiary/aromatic N) is 1. The number of benzene rings is 2. The van der Waals surface area contributed by atoms with Crippen LogP contribution in [0.15, 0.2) is 53.4 Å². The van der Waals surface area contributed by atoms with Gasteiger partial charge in [0.2, 0.25) is 11.8 Å². The average molecular weight is 453 g/mol. The Kier molecular flexibility index (Phi) is 9.85. The van der Waals surface area contributed by atoms with Crippen molar-refractivity contribution in [1.29, 1.82) is 0 Å².